The predicted octanol–water partition coefficient (Wildman–Crippen LogP) is 1.68. The zero-order valence-electron chi connectivity index (χ0n) is 11.7. The Morgan fingerprint density at radius 3 is 2.50 bits per heavy atom. The van der Waals surface area contributed by atoms with Gasteiger partial charge in [0.2, 0.25) is 0 Å². The molecule has 0 unspecified atom stereocenters. The molecule has 0 aliphatic heterocycles. The highest BCUT2D eigenvalue weighted by atomic mass is 16.5. The Morgan fingerprint density at radius 1 is 1.35 bits per heavy atom. The fraction of sp³-hybridized carbons (Fsp3) is 0.286. The number of ether oxygens (including phenoxy) is 2. The molecule has 1 aromatic heterocycles. The molecule has 0 aliphatic carbocycles. The SMILES string of the molecule is COc1ccc(COC(=O)c2c(N)c(C)nn2C)cc1. The summed E-state index contributed by atoms with van der Waals surface area (Å²) in [4.78, 5) is 12.0. The van der Waals surface area contributed by atoms with Gasteiger partial charge in [-0.3, -0.25) is 4.68 Å². The number of carbonyl (C=O) groups excluding carboxylic acids is 1. The van der Waals surface area contributed by atoms with E-state index in [0.29, 0.717) is 11.4 Å². The lowest BCUT2D eigenvalue weighted by molar-refractivity contribution is 0.0461. The van der Waals surface area contributed by atoms with E-state index < -0.39 is 5.97 Å². The lowest BCUT2D eigenvalue weighted by Crippen LogP contribution is -2.12. The molecule has 2 N–H and O–H groups in total. The van der Waals surface area contributed by atoms with Gasteiger partial charge in [-0.15, -0.1) is 0 Å². The van der Waals surface area contributed by atoms with Crippen molar-refractivity contribution >= 4 is 11.7 Å². The summed E-state index contributed by atoms with van der Waals surface area (Å²) in [7, 11) is 3.26. The van der Waals surface area contributed by atoms with Crippen molar-refractivity contribution in [2.45, 2.75) is 13.5 Å². The number of benzene rings is 1. The van der Waals surface area contributed by atoms with Crippen molar-refractivity contribution in [3.63, 3.8) is 0 Å². The van der Waals surface area contributed by atoms with Crippen molar-refractivity contribution in [3.8, 4) is 5.75 Å². The number of rotatable bonds is 4. The maximum atomic E-state index is 12.0. The molecule has 0 saturated carbocycles. The number of hydrogen-bond acceptors (Lipinski definition) is 5. The summed E-state index contributed by atoms with van der Waals surface area (Å²) in [6.45, 7) is 1.92. The molecule has 1 heterocycles. The fourth-order valence-corrected chi connectivity index (χ4v) is 1.86. The number of methoxy groups -OCH3 is 1. The molecule has 2 aromatic rings. The lowest BCUT2D eigenvalue weighted by atomic mass is 10.2. The second-order valence-electron chi connectivity index (χ2n) is 4.40. The summed E-state index contributed by atoms with van der Waals surface area (Å²) in [5.41, 5.74) is 7.93. The van der Waals surface area contributed by atoms with E-state index in [2.05, 4.69) is 5.10 Å². The van der Waals surface area contributed by atoms with Crippen LogP contribution in [0.2, 0.25) is 0 Å². The Kier molecular flexibility index (Phi) is 3.93. The van der Waals surface area contributed by atoms with E-state index in [1.165, 1.54) is 4.68 Å². The number of aryl methyl sites for hydroxylation is 2. The quantitative estimate of drug-likeness (QED) is 0.859. The molecule has 0 atom stereocenters. The second-order valence-corrected chi connectivity index (χ2v) is 4.40. The standard InChI is InChI=1S/C14H17N3O3/c1-9-12(15)13(17(2)16-9)14(18)20-8-10-4-6-11(19-3)7-5-10/h4-7H,8,15H2,1-3H3. The largest absolute Gasteiger partial charge is 0.497 e. The van der Waals surface area contributed by atoms with Gasteiger partial charge in [-0.25, -0.2) is 4.79 Å². The molecule has 2 rings (SSSR count). The molecule has 6 heteroatoms. The van der Waals surface area contributed by atoms with Crippen LogP contribution in [0.3, 0.4) is 0 Å². The maximum absolute atomic E-state index is 12.0. The first-order valence-corrected chi connectivity index (χ1v) is 6.12. The molecule has 1 aromatic carbocycles. The van der Waals surface area contributed by atoms with Crippen LogP contribution < -0.4 is 10.5 Å². The van der Waals surface area contributed by atoms with Crippen molar-refractivity contribution < 1.29 is 14.3 Å². The zero-order chi connectivity index (χ0) is 14.7. The molecule has 0 amide bonds. The summed E-state index contributed by atoms with van der Waals surface area (Å²) in [5.74, 6) is 0.271. The maximum Gasteiger partial charge on any atom is 0.359 e. The van der Waals surface area contributed by atoms with Crippen LogP contribution in [0.5, 0.6) is 5.75 Å². The van der Waals surface area contributed by atoms with Crippen LogP contribution in [0.1, 0.15) is 21.7 Å². The van der Waals surface area contributed by atoms with Gasteiger partial charge < -0.3 is 15.2 Å². The van der Waals surface area contributed by atoms with Gasteiger partial charge in [0.25, 0.3) is 0 Å². The number of nitrogen functional groups attached to an aromatic ring is 1. The third-order valence-corrected chi connectivity index (χ3v) is 2.99. The van der Waals surface area contributed by atoms with Gasteiger partial charge in [0.05, 0.1) is 18.5 Å². The van der Waals surface area contributed by atoms with Crippen LogP contribution in [0, 0.1) is 6.92 Å². The summed E-state index contributed by atoms with van der Waals surface area (Å²) in [6, 6.07) is 7.30. The number of anilines is 1. The first-order chi connectivity index (χ1) is 9.52. The Bertz CT molecular complexity index is 617. The Hall–Kier alpha value is -2.50. The van der Waals surface area contributed by atoms with Gasteiger partial charge in [-0.1, -0.05) is 12.1 Å². The molecule has 0 spiro atoms. The van der Waals surface area contributed by atoms with Crippen LogP contribution in [0.15, 0.2) is 24.3 Å². The Labute approximate surface area is 117 Å². The Morgan fingerprint density at radius 2 is 2.00 bits per heavy atom. The summed E-state index contributed by atoms with van der Waals surface area (Å²) >= 11 is 0. The van der Waals surface area contributed by atoms with E-state index in [1.807, 2.05) is 24.3 Å². The predicted molar refractivity (Wildman–Crippen MR) is 74.5 cm³/mol. The minimum absolute atomic E-state index is 0.173. The molecule has 0 radical (unpaired) electrons. The van der Waals surface area contributed by atoms with E-state index in [0.717, 1.165) is 11.3 Å². The second kappa shape index (κ2) is 5.64. The van der Waals surface area contributed by atoms with Gasteiger partial charge in [0, 0.05) is 7.05 Å². The minimum Gasteiger partial charge on any atom is -0.497 e. The monoisotopic (exact) mass is 275 g/mol. The third kappa shape index (κ3) is 2.74. The van der Waals surface area contributed by atoms with Crippen LogP contribution in [-0.4, -0.2) is 22.9 Å². The highest BCUT2D eigenvalue weighted by Gasteiger charge is 2.19. The average Bonchev–Trinajstić information content (AvgIpc) is 2.70. The summed E-state index contributed by atoms with van der Waals surface area (Å²) in [6.07, 6.45) is 0. The smallest absolute Gasteiger partial charge is 0.359 e. The first kappa shape index (κ1) is 13.9. The van der Waals surface area contributed by atoms with Gasteiger partial charge in [0.15, 0.2) is 5.69 Å². The molecule has 20 heavy (non-hydrogen) atoms. The molecule has 0 saturated heterocycles. The highest BCUT2D eigenvalue weighted by molar-refractivity contribution is 5.93. The van der Waals surface area contributed by atoms with Crippen molar-refractivity contribution in [3.05, 3.63) is 41.2 Å². The molecule has 106 valence electrons. The normalized spacial score (nSPS) is 10.3. The summed E-state index contributed by atoms with van der Waals surface area (Å²) < 4.78 is 11.7. The average molecular weight is 275 g/mol. The minimum atomic E-state index is -0.485. The van der Waals surface area contributed by atoms with Crippen molar-refractivity contribution in [2.24, 2.45) is 7.05 Å². The van der Waals surface area contributed by atoms with Crippen LogP contribution in [0.25, 0.3) is 0 Å². The Balaban J connectivity index is 2.04. The van der Waals surface area contributed by atoms with E-state index in [4.69, 9.17) is 15.2 Å². The number of nitrogens with zero attached hydrogens (tertiary/aromatic N) is 2. The van der Waals surface area contributed by atoms with E-state index >= 15 is 0 Å². The fourth-order valence-electron chi connectivity index (χ4n) is 1.86. The van der Waals surface area contributed by atoms with E-state index in [-0.39, 0.29) is 12.3 Å². The van der Waals surface area contributed by atoms with Crippen LogP contribution >= 0.6 is 0 Å². The first-order valence-electron chi connectivity index (χ1n) is 6.12. The number of esters is 1. The highest BCUT2D eigenvalue weighted by Crippen LogP contribution is 2.17. The topological polar surface area (TPSA) is 79.4 Å². The van der Waals surface area contributed by atoms with Crippen molar-refractivity contribution in [1.82, 2.24) is 9.78 Å². The van der Waals surface area contributed by atoms with Crippen molar-refractivity contribution in [2.75, 3.05) is 12.8 Å². The van der Waals surface area contributed by atoms with Gasteiger partial charge >= 0.3 is 5.97 Å². The molecule has 0 fully saturated rings. The van der Waals surface area contributed by atoms with Gasteiger partial charge in [0.1, 0.15) is 12.4 Å². The van der Waals surface area contributed by atoms with E-state index in [1.54, 1.807) is 21.1 Å². The molecule has 6 nitrogen and oxygen atoms in total. The molecular formula is C14H17N3O3. The van der Waals surface area contributed by atoms with Crippen LogP contribution in [-0.2, 0) is 18.4 Å². The zero-order valence-corrected chi connectivity index (χ0v) is 11.7. The number of nitrogens with two attached hydrogens (primary N) is 1. The third-order valence-electron chi connectivity index (χ3n) is 2.99. The number of carbonyl (C=O) groups is 1. The van der Waals surface area contributed by atoms with Gasteiger partial charge in [-0.2, -0.15) is 5.10 Å². The van der Waals surface area contributed by atoms with Gasteiger partial charge in [-0.05, 0) is 24.6 Å². The van der Waals surface area contributed by atoms with Crippen molar-refractivity contribution in [1.29, 1.82) is 0 Å². The lowest BCUT2D eigenvalue weighted by Gasteiger charge is -2.06. The molecular weight excluding hydrogens is 258 g/mol. The summed E-state index contributed by atoms with van der Waals surface area (Å²) in [5, 5.41) is 4.08. The molecule has 0 bridgehead atoms. The van der Waals surface area contributed by atoms with Crippen LogP contribution in [0.4, 0.5) is 5.69 Å². The number of aromatic nitrogens is 2. The molecule has 0 aliphatic rings. The number of hydrogen-bond donors (Lipinski definition) is 1. The van der Waals surface area contributed by atoms with E-state index in [9.17, 15) is 4.79 Å².